The van der Waals surface area contributed by atoms with Gasteiger partial charge in [0.25, 0.3) is 0 Å². The summed E-state index contributed by atoms with van der Waals surface area (Å²) in [7, 11) is 0. The molecule has 1 fully saturated rings. The lowest BCUT2D eigenvalue weighted by Gasteiger charge is -2.22. The lowest BCUT2D eigenvalue weighted by atomic mass is 10.1. The molecule has 2 heterocycles. The predicted molar refractivity (Wildman–Crippen MR) is 95.7 cm³/mol. The number of hydrogen-bond donors (Lipinski definition) is 0. The molecular weight excluding hydrogens is 357 g/mol. The van der Waals surface area contributed by atoms with E-state index in [2.05, 4.69) is 4.90 Å². The highest BCUT2D eigenvalue weighted by Gasteiger charge is 2.30. The first kappa shape index (κ1) is 19.2. The molecule has 1 saturated heterocycles. The van der Waals surface area contributed by atoms with Gasteiger partial charge < -0.3 is 9.32 Å². The first-order valence-electron chi connectivity index (χ1n) is 8.78. The maximum absolute atomic E-state index is 12.9. The monoisotopic (exact) mass is 378 g/mol. The largest absolute Gasteiger partial charge is 0.465 e. The van der Waals surface area contributed by atoms with Crippen molar-refractivity contribution >= 4 is 12.0 Å². The summed E-state index contributed by atoms with van der Waals surface area (Å²) in [4.78, 5) is 16.1. The van der Waals surface area contributed by atoms with Crippen molar-refractivity contribution in [2.24, 2.45) is 0 Å². The van der Waals surface area contributed by atoms with Crippen molar-refractivity contribution in [3.63, 3.8) is 0 Å². The number of furan rings is 1. The van der Waals surface area contributed by atoms with Gasteiger partial charge in [-0.05, 0) is 35.9 Å². The maximum Gasteiger partial charge on any atom is 0.416 e. The molecule has 0 saturated carbocycles. The predicted octanol–water partition coefficient (Wildman–Crippen LogP) is 4.05. The standard InChI is InChI=1S/C20H21F3N2O2/c21-20(22,23)17-5-1-4-16(14-17)15-25-12-11-24(10-8-19(25)26)9-2-6-18-7-3-13-27-18/h1-7,13-14H,8-12,15H2. The van der Waals surface area contributed by atoms with Gasteiger partial charge in [-0.1, -0.05) is 18.2 Å². The lowest BCUT2D eigenvalue weighted by molar-refractivity contribution is -0.137. The summed E-state index contributed by atoms with van der Waals surface area (Å²) in [6, 6.07) is 8.83. The Balaban J connectivity index is 1.57. The minimum absolute atomic E-state index is 0.0371. The fourth-order valence-corrected chi connectivity index (χ4v) is 3.03. The van der Waals surface area contributed by atoms with Gasteiger partial charge in [0, 0.05) is 39.1 Å². The van der Waals surface area contributed by atoms with E-state index < -0.39 is 11.7 Å². The Hall–Kier alpha value is -2.54. The van der Waals surface area contributed by atoms with Crippen LogP contribution in [0.5, 0.6) is 0 Å². The van der Waals surface area contributed by atoms with Crippen LogP contribution in [0, 0.1) is 0 Å². The van der Waals surface area contributed by atoms with Crippen LogP contribution in [0.3, 0.4) is 0 Å². The molecule has 0 atom stereocenters. The summed E-state index contributed by atoms with van der Waals surface area (Å²) in [6.07, 6.45) is 1.44. The zero-order valence-electron chi connectivity index (χ0n) is 14.8. The van der Waals surface area contributed by atoms with Gasteiger partial charge >= 0.3 is 6.18 Å². The van der Waals surface area contributed by atoms with Crippen molar-refractivity contribution in [1.82, 2.24) is 9.80 Å². The highest BCUT2D eigenvalue weighted by atomic mass is 19.4. The van der Waals surface area contributed by atoms with Crippen LogP contribution < -0.4 is 0 Å². The Morgan fingerprint density at radius 2 is 1.96 bits per heavy atom. The minimum Gasteiger partial charge on any atom is -0.465 e. The molecule has 3 rings (SSSR count). The average Bonchev–Trinajstić information content (AvgIpc) is 3.09. The number of halogens is 3. The third-order valence-electron chi connectivity index (χ3n) is 4.50. The molecule has 4 nitrogen and oxygen atoms in total. The van der Waals surface area contributed by atoms with Gasteiger partial charge in [0.15, 0.2) is 0 Å². The molecule has 2 aromatic rings. The first-order chi connectivity index (χ1) is 12.9. The molecule has 144 valence electrons. The van der Waals surface area contributed by atoms with Crippen LogP contribution in [0.1, 0.15) is 23.3 Å². The van der Waals surface area contributed by atoms with Crippen LogP contribution in [0.4, 0.5) is 13.2 Å². The highest BCUT2D eigenvalue weighted by molar-refractivity contribution is 5.76. The Bertz CT molecular complexity index is 785. The third kappa shape index (κ3) is 5.47. The van der Waals surface area contributed by atoms with Crippen molar-refractivity contribution in [2.75, 3.05) is 26.2 Å². The highest BCUT2D eigenvalue weighted by Crippen LogP contribution is 2.29. The van der Waals surface area contributed by atoms with Crippen molar-refractivity contribution in [3.05, 3.63) is 65.6 Å². The molecule has 0 radical (unpaired) electrons. The van der Waals surface area contributed by atoms with Crippen molar-refractivity contribution in [1.29, 1.82) is 0 Å². The number of nitrogens with zero attached hydrogens (tertiary/aromatic N) is 2. The topological polar surface area (TPSA) is 36.7 Å². The normalized spacial score (nSPS) is 16.9. The molecule has 27 heavy (non-hydrogen) atoms. The molecule has 1 aromatic carbocycles. The van der Waals surface area contributed by atoms with E-state index in [-0.39, 0.29) is 12.5 Å². The molecule has 1 aliphatic rings. The van der Waals surface area contributed by atoms with Crippen LogP contribution in [-0.4, -0.2) is 41.9 Å². The second kappa shape index (κ2) is 8.43. The fraction of sp³-hybridized carbons (Fsp3) is 0.350. The number of rotatable bonds is 5. The number of benzene rings is 1. The van der Waals surface area contributed by atoms with Gasteiger partial charge in [-0.2, -0.15) is 13.2 Å². The summed E-state index contributed by atoms with van der Waals surface area (Å²) in [5.74, 6) is 0.733. The third-order valence-corrected chi connectivity index (χ3v) is 4.50. The SMILES string of the molecule is O=C1CCN(CC=Cc2ccco2)CCN1Cc1cccc(C(F)(F)F)c1. The van der Waals surface area contributed by atoms with E-state index in [1.165, 1.54) is 6.07 Å². The van der Waals surface area contributed by atoms with Gasteiger partial charge in [0.2, 0.25) is 5.91 Å². The Morgan fingerprint density at radius 1 is 1.11 bits per heavy atom. The van der Waals surface area contributed by atoms with E-state index in [1.54, 1.807) is 17.2 Å². The van der Waals surface area contributed by atoms with Gasteiger partial charge in [0.05, 0.1) is 11.8 Å². The quantitative estimate of drug-likeness (QED) is 0.788. The number of alkyl halides is 3. The molecular formula is C20H21F3N2O2. The molecule has 0 unspecified atom stereocenters. The van der Waals surface area contributed by atoms with E-state index in [0.29, 0.717) is 38.2 Å². The Labute approximate surface area is 155 Å². The molecule has 7 heteroatoms. The fourth-order valence-electron chi connectivity index (χ4n) is 3.03. The molecule has 1 aromatic heterocycles. The van der Waals surface area contributed by atoms with Gasteiger partial charge in [-0.15, -0.1) is 0 Å². The Morgan fingerprint density at radius 3 is 2.70 bits per heavy atom. The van der Waals surface area contributed by atoms with E-state index >= 15 is 0 Å². The van der Waals surface area contributed by atoms with E-state index in [4.69, 9.17) is 4.42 Å². The molecule has 1 amide bonds. The van der Waals surface area contributed by atoms with E-state index in [9.17, 15) is 18.0 Å². The van der Waals surface area contributed by atoms with Gasteiger partial charge in [-0.25, -0.2) is 0 Å². The van der Waals surface area contributed by atoms with Crippen LogP contribution in [0.15, 0.2) is 53.2 Å². The van der Waals surface area contributed by atoms with Crippen LogP contribution in [0.25, 0.3) is 6.08 Å². The summed E-state index contributed by atoms with van der Waals surface area (Å²) in [6.45, 7) is 2.67. The van der Waals surface area contributed by atoms with E-state index in [0.717, 1.165) is 17.9 Å². The van der Waals surface area contributed by atoms with Crippen molar-refractivity contribution in [2.45, 2.75) is 19.1 Å². The second-order valence-corrected chi connectivity index (χ2v) is 6.48. The lowest BCUT2D eigenvalue weighted by Crippen LogP contribution is -2.33. The number of carbonyl (C=O) groups is 1. The van der Waals surface area contributed by atoms with Crippen molar-refractivity contribution in [3.8, 4) is 0 Å². The number of hydrogen-bond acceptors (Lipinski definition) is 3. The second-order valence-electron chi connectivity index (χ2n) is 6.48. The smallest absolute Gasteiger partial charge is 0.416 e. The summed E-state index contributed by atoms with van der Waals surface area (Å²) < 4.78 is 43.8. The number of carbonyl (C=O) groups excluding carboxylic acids is 1. The van der Waals surface area contributed by atoms with Crippen LogP contribution in [0.2, 0.25) is 0 Å². The van der Waals surface area contributed by atoms with Crippen molar-refractivity contribution < 1.29 is 22.4 Å². The molecule has 0 spiro atoms. The van der Waals surface area contributed by atoms with Crippen LogP contribution in [-0.2, 0) is 17.5 Å². The number of amides is 1. The van der Waals surface area contributed by atoms with E-state index in [1.807, 2.05) is 24.3 Å². The summed E-state index contributed by atoms with van der Waals surface area (Å²) >= 11 is 0. The molecule has 0 bridgehead atoms. The zero-order valence-corrected chi connectivity index (χ0v) is 14.8. The first-order valence-corrected chi connectivity index (χ1v) is 8.78. The maximum atomic E-state index is 12.9. The molecule has 1 aliphatic heterocycles. The van der Waals surface area contributed by atoms with Gasteiger partial charge in [-0.3, -0.25) is 9.69 Å². The molecule has 0 N–H and O–H groups in total. The Kier molecular flexibility index (Phi) is 6.01. The molecule has 0 aliphatic carbocycles. The summed E-state index contributed by atoms with van der Waals surface area (Å²) in [5, 5.41) is 0. The average molecular weight is 378 g/mol. The summed E-state index contributed by atoms with van der Waals surface area (Å²) in [5.41, 5.74) is -0.198. The van der Waals surface area contributed by atoms with Gasteiger partial charge in [0.1, 0.15) is 5.76 Å². The van der Waals surface area contributed by atoms with Crippen LogP contribution >= 0.6 is 0 Å². The minimum atomic E-state index is -4.38. The zero-order chi connectivity index (χ0) is 19.3.